The smallest absolute Gasteiger partial charge is 0.259 e. The molecular weight excluding hydrogens is 324 g/mol. The molecule has 4 nitrogen and oxygen atoms in total. The Morgan fingerprint density at radius 1 is 0.923 bits per heavy atom. The number of hydrogen-bond acceptors (Lipinski definition) is 3. The maximum atomic E-state index is 12.9. The first-order valence-corrected chi connectivity index (χ1v) is 9.55. The van der Waals surface area contributed by atoms with Gasteiger partial charge in [-0.25, -0.2) is 0 Å². The molecule has 2 heterocycles. The number of anilines is 1. The Hall–Kier alpha value is -2.17. The number of rotatable bonds is 4. The molecule has 1 atom stereocenters. The van der Waals surface area contributed by atoms with Crippen molar-refractivity contribution in [2.24, 2.45) is 5.92 Å². The summed E-state index contributed by atoms with van der Waals surface area (Å²) in [6, 6.07) is 20.6. The van der Waals surface area contributed by atoms with Crippen LogP contribution in [0.25, 0.3) is 0 Å². The Morgan fingerprint density at radius 3 is 2.23 bits per heavy atom. The van der Waals surface area contributed by atoms with Crippen molar-refractivity contribution in [3.05, 3.63) is 66.2 Å². The molecule has 2 aromatic carbocycles. The molecule has 2 saturated heterocycles. The predicted octanol–water partition coefficient (Wildman–Crippen LogP) is 3.08. The first-order chi connectivity index (χ1) is 12.7. The Morgan fingerprint density at radius 2 is 1.58 bits per heavy atom. The van der Waals surface area contributed by atoms with Gasteiger partial charge in [0.1, 0.15) is 5.60 Å². The van der Waals surface area contributed by atoms with E-state index in [1.807, 2.05) is 35.2 Å². The fraction of sp³-hybridized carbons (Fsp3) is 0.409. The molecule has 2 aliphatic heterocycles. The zero-order chi connectivity index (χ0) is 17.6. The van der Waals surface area contributed by atoms with E-state index in [9.17, 15) is 4.79 Å². The summed E-state index contributed by atoms with van der Waals surface area (Å²) in [5, 5.41) is 0. The SMILES string of the molecule is O=C1N(c2ccccc2)C[C@H](C2CN(Cc3ccccc3)C2)OC12CC2. The fourth-order valence-corrected chi connectivity index (χ4v) is 4.22. The van der Waals surface area contributed by atoms with Crippen LogP contribution in [-0.4, -0.2) is 42.1 Å². The van der Waals surface area contributed by atoms with Crippen molar-refractivity contribution < 1.29 is 9.53 Å². The van der Waals surface area contributed by atoms with E-state index < -0.39 is 5.60 Å². The maximum Gasteiger partial charge on any atom is 0.259 e. The molecule has 1 amide bonds. The molecule has 3 fully saturated rings. The average molecular weight is 348 g/mol. The van der Waals surface area contributed by atoms with Crippen LogP contribution in [0.1, 0.15) is 18.4 Å². The Bertz CT molecular complexity index is 782. The summed E-state index contributed by atoms with van der Waals surface area (Å²) in [6.07, 6.45) is 1.88. The van der Waals surface area contributed by atoms with Crippen molar-refractivity contribution in [1.82, 2.24) is 4.90 Å². The highest BCUT2D eigenvalue weighted by Crippen LogP contribution is 2.47. The van der Waals surface area contributed by atoms with E-state index in [0.29, 0.717) is 12.5 Å². The van der Waals surface area contributed by atoms with Crippen molar-refractivity contribution in [3.8, 4) is 0 Å². The first-order valence-electron chi connectivity index (χ1n) is 9.55. The second-order valence-electron chi connectivity index (χ2n) is 7.84. The molecular formula is C22H24N2O2. The van der Waals surface area contributed by atoms with Crippen molar-refractivity contribution in [1.29, 1.82) is 0 Å². The van der Waals surface area contributed by atoms with Crippen LogP contribution in [0.15, 0.2) is 60.7 Å². The summed E-state index contributed by atoms with van der Waals surface area (Å²) < 4.78 is 6.33. The molecule has 0 aromatic heterocycles. The van der Waals surface area contributed by atoms with Crippen molar-refractivity contribution in [2.75, 3.05) is 24.5 Å². The Balaban J connectivity index is 1.26. The number of benzene rings is 2. The van der Waals surface area contributed by atoms with E-state index in [-0.39, 0.29) is 12.0 Å². The van der Waals surface area contributed by atoms with Crippen LogP contribution in [0.3, 0.4) is 0 Å². The molecule has 2 aromatic rings. The Kier molecular flexibility index (Phi) is 3.84. The fourth-order valence-electron chi connectivity index (χ4n) is 4.22. The second kappa shape index (κ2) is 6.22. The van der Waals surface area contributed by atoms with Gasteiger partial charge in [0.15, 0.2) is 0 Å². The molecule has 26 heavy (non-hydrogen) atoms. The maximum absolute atomic E-state index is 12.9. The number of hydrogen-bond donors (Lipinski definition) is 0. The topological polar surface area (TPSA) is 32.8 Å². The number of nitrogens with zero attached hydrogens (tertiary/aromatic N) is 2. The van der Waals surface area contributed by atoms with Gasteiger partial charge in [0, 0.05) is 31.2 Å². The molecule has 5 rings (SSSR count). The minimum Gasteiger partial charge on any atom is -0.360 e. The zero-order valence-corrected chi connectivity index (χ0v) is 14.9. The monoisotopic (exact) mass is 348 g/mol. The minimum absolute atomic E-state index is 0.141. The number of carbonyl (C=O) groups is 1. The van der Waals surface area contributed by atoms with Crippen molar-refractivity contribution in [3.63, 3.8) is 0 Å². The number of carbonyl (C=O) groups excluding carboxylic acids is 1. The zero-order valence-electron chi connectivity index (χ0n) is 14.9. The van der Waals surface area contributed by atoms with Crippen molar-refractivity contribution >= 4 is 11.6 Å². The molecule has 1 spiro atoms. The highest BCUT2D eigenvalue weighted by Gasteiger charge is 2.59. The van der Waals surface area contributed by atoms with Gasteiger partial charge in [0.05, 0.1) is 12.6 Å². The lowest BCUT2D eigenvalue weighted by atomic mass is 9.90. The van der Waals surface area contributed by atoms with E-state index >= 15 is 0 Å². The largest absolute Gasteiger partial charge is 0.360 e. The second-order valence-corrected chi connectivity index (χ2v) is 7.84. The molecule has 0 N–H and O–H groups in total. The summed E-state index contributed by atoms with van der Waals surface area (Å²) in [7, 11) is 0. The summed E-state index contributed by atoms with van der Waals surface area (Å²) in [6.45, 7) is 3.77. The van der Waals surface area contributed by atoms with Gasteiger partial charge < -0.3 is 9.64 Å². The first kappa shape index (κ1) is 16.0. The van der Waals surface area contributed by atoms with Crippen LogP contribution >= 0.6 is 0 Å². The van der Waals surface area contributed by atoms with E-state index in [1.54, 1.807) is 0 Å². The highest BCUT2D eigenvalue weighted by atomic mass is 16.5. The molecule has 0 radical (unpaired) electrons. The Labute approximate surface area is 154 Å². The van der Waals surface area contributed by atoms with Gasteiger partial charge in [-0.15, -0.1) is 0 Å². The van der Waals surface area contributed by atoms with Crippen molar-refractivity contribution in [2.45, 2.75) is 31.1 Å². The number of ether oxygens (including phenoxy) is 1. The molecule has 0 unspecified atom stereocenters. The predicted molar refractivity (Wildman–Crippen MR) is 101 cm³/mol. The third-order valence-corrected chi connectivity index (χ3v) is 5.91. The van der Waals surface area contributed by atoms with Crippen LogP contribution in [0.4, 0.5) is 5.69 Å². The number of para-hydroxylation sites is 1. The number of morpholine rings is 1. The summed E-state index contributed by atoms with van der Waals surface area (Å²) in [5.74, 6) is 0.663. The normalized spacial score (nSPS) is 25.3. The van der Waals surface area contributed by atoms with Gasteiger partial charge in [-0.2, -0.15) is 0 Å². The standard InChI is InChI=1S/C22H24N2O2/c25-21-22(11-12-22)26-20(16-24(21)19-9-5-2-6-10-19)18-14-23(15-18)13-17-7-3-1-4-8-17/h1-10,18,20H,11-16H2/t20-/m1/s1. The molecule has 4 heteroatoms. The summed E-state index contributed by atoms with van der Waals surface area (Å²) in [4.78, 5) is 17.3. The van der Waals surface area contributed by atoms with Gasteiger partial charge in [0.25, 0.3) is 5.91 Å². The lowest BCUT2D eigenvalue weighted by Gasteiger charge is -2.48. The molecule has 134 valence electrons. The molecule has 0 bridgehead atoms. The molecule has 1 aliphatic carbocycles. The summed E-state index contributed by atoms with van der Waals surface area (Å²) in [5.41, 5.74) is 1.83. The van der Waals surface area contributed by atoms with Gasteiger partial charge in [-0.1, -0.05) is 48.5 Å². The lowest BCUT2D eigenvalue weighted by Crippen LogP contribution is -2.61. The third-order valence-electron chi connectivity index (χ3n) is 5.91. The van der Waals surface area contributed by atoms with E-state index in [4.69, 9.17) is 4.74 Å². The third kappa shape index (κ3) is 2.83. The van der Waals surface area contributed by atoms with E-state index in [0.717, 1.165) is 38.2 Å². The van der Waals surface area contributed by atoms with Gasteiger partial charge >= 0.3 is 0 Å². The highest BCUT2D eigenvalue weighted by molar-refractivity contribution is 6.02. The van der Waals surface area contributed by atoms with Crippen LogP contribution in [-0.2, 0) is 16.1 Å². The van der Waals surface area contributed by atoms with Crippen LogP contribution in [0.2, 0.25) is 0 Å². The number of amides is 1. The van der Waals surface area contributed by atoms with Crippen LogP contribution in [0.5, 0.6) is 0 Å². The van der Waals surface area contributed by atoms with Gasteiger partial charge in [-0.3, -0.25) is 9.69 Å². The minimum atomic E-state index is -0.529. The van der Waals surface area contributed by atoms with Gasteiger partial charge in [0.2, 0.25) is 0 Å². The quantitative estimate of drug-likeness (QED) is 0.851. The van der Waals surface area contributed by atoms with Gasteiger partial charge in [-0.05, 0) is 30.5 Å². The van der Waals surface area contributed by atoms with E-state index in [2.05, 4.69) is 35.2 Å². The van der Waals surface area contributed by atoms with E-state index in [1.165, 1.54) is 5.56 Å². The molecule has 3 aliphatic rings. The lowest BCUT2D eigenvalue weighted by molar-refractivity contribution is -0.154. The summed E-state index contributed by atoms with van der Waals surface area (Å²) >= 11 is 0. The van der Waals surface area contributed by atoms with Crippen LogP contribution < -0.4 is 4.90 Å². The molecule has 1 saturated carbocycles. The number of likely N-dealkylation sites (tertiary alicyclic amines) is 1. The average Bonchev–Trinajstić information content (AvgIpc) is 3.42. The van der Waals surface area contributed by atoms with Crippen LogP contribution in [0, 0.1) is 5.92 Å².